The molecule has 0 radical (unpaired) electrons. The van der Waals surface area contributed by atoms with Crippen LogP contribution in [-0.2, 0) is 11.3 Å². The maximum Gasteiger partial charge on any atom is 0.308 e. The lowest BCUT2D eigenvalue weighted by molar-refractivity contribution is -0.131. The molecule has 0 spiro atoms. The van der Waals surface area contributed by atoms with Crippen molar-refractivity contribution in [3.63, 3.8) is 0 Å². The number of nitrogens with zero attached hydrogens (tertiary/aromatic N) is 1. The number of carbonyl (C=O) groups excluding carboxylic acids is 2. The van der Waals surface area contributed by atoms with Crippen LogP contribution in [-0.4, -0.2) is 25.1 Å². The quantitative estimate of drug-likeness (QED) is 0.381. The number of hydrogen-bond acceptors (Lipinski definition) is 5. The number of carbonyl (C=O) groups is 2. The summed E-state index contributed by atoms with van der Waals surface area (Å²) in [6, 6.07) is 12.6. The molecule has 1 aliphatic heterocycles. The van der Waals surface area contributed by atoms with Crippen LogP contribution in [0.4, 0.5) is 5.69 Å². The predicted octanol–water partition coefficient (Wildman–Crippen LogP) is 5.38. The Morgan fingerprint density at radius 3 is 2.29 bits per heavy atom. The molecule has 0 aliphatic carbocycles. The molecule has 0 unspecified atom stereocenters. The predicted molar refractivity (Wildman–Crippen MR) is 120 cm³/mol. The van der Waals surface area contributed by atoms with Crippen molar-refractivity contribution in [1.82, 2.24) is 0 Å². The van der Waals surface area contributed by atoms with Crippen LogP contribution < -0.4 is 19.1 Å². The molecule has 1 amide bonds. The standard InChI is InChI=1S/C24H22ClNO5/c1-4-29-22-16-8-6-7-9-17(16)23(30-5-2)21-18(22)13-26(24(21)28)20-11-10-15(12-19(20)25)31-14(3)27/h6-12H,4-5,13H2,1-3H3. The van der Waals surface area contributed by atoms with E-state index in [9.17, 15) is 9.59 Å². The zero-order chi connectivity index (χ0) is 22.1. The maximum atomic E-state index is 13.6. The molecule has 160 valence electrons. The first-order valence-corrected chi connectivity index (χ1v) is 10.5. The largest absolute Gasteiger partial charge is 0.493 e. The maximum absolute atomic E-state index is 13.6. The minimum Gasteiger partial charge on any atom is -0.493 e. The third kappa shape index (κ3) is 3.68. The molecule has 1 heterocycles. The fraction of sp³-hybridized carbons (Fsp3) is 0.250. The third-order valence-corrected chi connectivity index (χ3v) is 5.35. The Balaban J connectivity index is 1.86. The summed E-state index contributed by atoms with van der Waals surface area (Å²) in [6.45, 7) is 6.31. The molecule has 7 heteroatoms. The van der Waals surface area contributed by atoms with E-state index < -0.39 is 5.97 Å². The van der Waals surface area contributed by atoms with Gasteiger partial charge in [-0.3, -0.25) is 9.59 Å². The lowest BCUT2D eigenvalue weighted by atomic mass is 9.99. The number of ether oxygens (including phenoxy) is 3. The monoisotopic (exact) mass is 439 g/mol. The van der Waals surface area contributed by atoms with Gasteiger partial charge in [-0.05, 0) is 26.0 Å². The van der Waals surface area contributed by atoms with Crippen molar-refractivity contribution >= 4 is 39.9 Å². The first kappa shape index (κ1) is 21.0. The van der Waals surface area contributed by atoms with Crippen LogP contribution in [0.3, 0.4) is 0 Å². The van der Waals surface area contributed by atoms with E-state index in [0.717, 1.165) is 16.3 Å². The van der Waals surface area contributed by atoms with E-state index in [1.807, 2.05) is 38.1 Å². The van der Waals surface area contributed by atoms with Gasteiger partial charge in [0.15, 0.2) is 0 Å². The topological polar surface area (TPSA) is 65.1 Å². The van der Waals surface area contributed by atoms with E-state index >= 15 is 0 Å². The zero-order valence-electron chi connectivity index (χ0n) is 17.5. The van der Waals surface area contributed by atoms with Crippen molar-refractivity contribution in [1.29, 1.82) is 0 Å². The van der Waals surface area contributed by atoms with Gasteiger partial charge in [0, 0.05) is 29.3 Å². The SMILES string of the molecule is CCOc1c2c(c(OCC)c3ccccc13)C(=O)N(c1ccc(OC(C)=O)cc1Cl)C2. The molecule has 3 aromatic carbocycles. The van der Waals surface area contributed by atoms with Gasteiger partial charge >= 0.3 is 5.97 Å². The minimum atomic E-state index is -0.442. The zero-order valence-corrected chi connectivity index (χ0v) is 18.3. The van der Waals surface area contributed by atoms with Crippen LogP contribution in [0.15, 0.2) is 42.5 Å². The molecule has 0 fully saturated rings. The van der Waals surface area contributed by atoms with Crippen molar-refractivity contribution in [3.05, 3.63) is 58.6 Å². The fourth-order valence-corrected chi connectivity index (χ4v) is 4.18. The van der Waals surface area contributed by atoms with Crippen molar-refractivity contribution in [2.45, 2.75) is 27.3 Å². The Hall–Kier alpha value is -3.25. The van der Waals surface area contributed by atoms with Crippen molar-refractivity contribution in [2.24, 2.45) is 0 Å². The van der Waals surface area contributed by atoms with Gasteiger partial charge in [-0.1, -0.05) is 35.9 Å². The first-order chi connectivity index (χ1) is 15.0. The summed E-state index contributed by atoms with van der Waals surface area (Å²) in [4.78, 5) is 26.4. The first-order valence-electron chi connectivity index (χ1n) is 10.1. The average Bonchev–Trinajstić information content (AvgIpc) is 3.07. The van der Waals surface area contributed by atoms with Crippen LogP contribution >= 0.6 is 11.6 Å². The summed E-state index contributed by atoms with van der Waals surface area (Å²) in [5, 5.41) is 2.04. The number of benzene rings is 3. The number of hydrogen-bond donors (Lipinski definition) is 0. The highest BCUT2D eigenvalue weighted by atomic mass is 35.5. The summed E-state index contributed by atoms with van der Waals surface area (Å²) < 4.78 is 17.0. The van der Waals surface area contributed by atoms with Gasteiger partial charge in [0.1, 0.15) is 17.2 Å². The number of amides is 1. The van der Waals surface area contributed by atoms with Gasteiger partial charge < -0.3 is 19.1 Å². The van der Waals surface area contributed by atoms with Gasteiger partial charge in [-0.25, -0.2) is 0 Å². The molecule has 6 nitrogen and oxygen atoms in total. The molecular formula is C24H22ClNO5. The molecule has 31 heavy (non-hydrogen) atoms. The van der Waals surface area contributed by atoms with Crippen molar-refractivity contribution in [3.8, 4) is 17.2 Å². The smallest absolute Gasteiger partial charge is 0.308 e. The van der Waals surface area contributed by atoms with Gasteiger partial charge in [0.25, 0.3) is 5.91 Å². The van der Waals surface area contributed by atoms with Crippen LogP contribution in [0.1, 0.15) is 36.7 Å². The van der Waals surface area contributed by atoms with E-state index in [2.05, 4.69) is 0 Å². The molecule has 3 aromatic rings. The number of rotatable bonds is 6. The van der Waals surface area contributed by atoms with Gasteiger partial charge in [0.05, 0.1) is 36.0 Å². The summed E-state index contributed by atoms with van der Waals surface area (Å²) >= 11 is 6.46. The molecular weight excluding hydrogens is 418 g/mol. The van der Waals surface area contributed by atoms with Crippen molar-refractivity contribution in [2.75, 3.05) is 18.1 Å². The van der Waals surface area contributed by atoms with E-state index in [1.165, 1.54) is 13.0 Å². The van der Waals surface area contributed by atoms with E-state index in [1.54, 1.807) is 17.0 Å². The number of halogens is 1. The average molecular weight is 440 g/mol. The van der Waals surface area contributed by atoms with E-state index in [4.69, 9.17) is 25.8 Å². The summed E-state index contributed by atoms with van der Waals surface area (Å²) in [5.41, 5.74) is 1.78. The normalized spacial score (nSPS) is 12.8. The van der Waals surface area contributed by atoms with Crippen LogP contribution in [0.25, 0.3) is 10.8 Å². The summed E-state index contributed by atoms with van der Waals surface area (Å²) in [5.74, 6) is 0.896. The third-order valence-electron chi connectivity index (χ3n) is 5.04. The molecule has 0 aromatic heterocycles. The molecule has 0 saturated heterocycles. The van der Waals surface area contributed by atoms with Crippen molar-refractivity contribution < 1.29 is 23.8 Å². The van der Waals surface area contributed by atoms with Crippen LogP contribution in [0.5, 0.6) is 17.2 Å². The Bertz CT molecular complexity index is 1190. The highest BCUT2D eigenvalue weighted by molar-refractivity contribution is 6.34. The Morgan fingerprint density at radius 2 is 1.68 bits per heavy atom. The molecule has 0 atom stereocenters. The molecule has 0 saturated carbocycles. The summed E-state index contributed by atoms with van der Waals surface area (Å²) in [7, 11) is 0. The lowest BCUT2D eigenvalue weighted by Crippen LogP contribution is -2.23. The molecule has 0 N–H and O–H groups in total. The van der Waals surface area contributed by atoms with Gasteiger partial charge in [-0.15, -0.1) is 0 Å². The fourth-order valence-electron chi connectivity index (χ4n) is 3.90. The van der Waals surface area contributed by atoms with E-state index in [0.29, 0.717) is 53.3 Å². The number of anilines is 1. The van der Waals surface area contributed by atoms with E-state index in [-0.39, 0.29) is 5.91 Å². The number of fused-ring (bicyclic) bond motifs is 2. The summed E-state index contributed by atoms with van der Waals surface area (Å²) in [6.07, 6.45) is 0. The minimum absolute atomic E-state index is 0.215. The Morgan fingerprint density at radius 1 is 1.03 bits per heavy atom. The Kier molecular flexibility index (Phi) is 5.74. The second-order valence-corrected chi connectivity index (χ2v) is 7.43. The lowest BCUT2D eigenvalue weighted by Gasteiger charge is -2.18. The molecule has 1 aliphatic rings. The van der Waals surface area contributed by atoms with Gasteiger partial charge in [0.2, 0.25) is 0 Å². The molecule has 4 rings (SSSR count). The molecule has 0 bridgehead atoms. The Labute approximate surface area is 185 Å². The van der Waals surface area contributed by atoms with Crippen LogP contribution in [0.2, 0.25) is 5.02 Å². The number of esters is 1. The second kappa shape index (κ2) is 8.47. The van der Waals surface area contributed by atoms with Crippen LogP contribution in [0, 0.1) is 0 Å². The van der Waals surface area contributed by atoms with Gasteiger partial charge in [-0.2, -0.15) is 0 Å². The highest BCUT2D eigenvalue weighted by Crippen LogP contribution is 2.47. The highest BCUT2D eigenvalue weighted by Gasteiger charge is 2.37. The second-order valence-electron chi connectivity index (χ2n) is 7.02.